The zero-order chi connectivity index (χ0) is 16.1. The van der Waals surface area contributed by atoms with Crippen molar-refractivity contribution in [2.45, 2.75) is 26.7 Å². The first-order valence-electron chi connectivity index (χ1n) is 7.56. The molecular formula is C17H20FIN2O. The van der Waals surface area contributed by atoms with Crippen molar-refractivity contribution in [2.24, 2.45) is 0 Å². The molecule has 1 aromatic carbocycles. The fourth-order valence-electron chi connectivity index (χ4n) is 2.46. The number of rotatable bonds is 7. The van der Waals surface area contributed by atoms with E-state index in [2.05, 4.69) is 46.3 Å². The maximum Gasteiger partial charge on any atom is 0.167 e. The summed E-state index contributed by atoms with van der Waals surface area (Å²) in [7, 11) is 0. The second-order valence-corrected chi connectivity index (χ2v) is 6.45. The number of ketones is 1. The summed E-state index contributed by atoms with van der Waals surface area (Å²) in [4.78, 5) is 18.7. The lowest BCUT2D eigenvalue weighted by molar-refractivity contribution is 0.0971. The predicted molar refractivity (Wildman–Crippen MR) is 95.8 cm³/mol. The number of aromatic nitrogens is 1. The Morgan fingerprint density at radius 1 is 1.32 bits per heavy atom. The van der Waals surface area contributed by atoms with Crippen LogP contribution in [0.4, 0.5) is 4.39 Å². The number of fused-ring (bicyclic) bond motifs is 1. The molecule has 0 aliphatic carbocycles. The van der Waals surface area contributed by atoms with Crippen LogP contribution >= 0.6 is 22.6 Å². The van der Waals surface area contributed by atoms with Crippen molar-refractivity contribution in [3.05, 3.63) is 39.3 Å². The molecule has 0 unspecified atom stereocenters. The molecule has 0 radical (unpaired) electrons. The van der Waals surface area contributed by atoms with E-state index in [0.29, 0.717) is 17.3 Å². The molecule has 0 bridgehead atoms. The molecule has 1 aromatic heterocycles. The van der Waals surface area contributed by atoms with E-state index >= 15 is 0 Å². The summed E-state index contributed by atoms with van der Waals surface area (Å²) in [6, 6.07) is 5.38. The van der Waals surface area contributed by atoms with Crippen LogP contribution in [-0.4, -0.2) is 35.3 Å². The van der Waals surface area contributed by atoms with Crippen LogP contribution < -0.4 is 0 Å². The lowest BCUT2D eigenvalue weighted by atomic mass is 10.0. The molecule has 0 aliphatic rings. The van der Waals surface area contributed by atoms with Gasteiger partial charge in [-0.3, -0.25) is 9.78 Å². The molecule has 0 atom stereocenters. The summed E-state index contributed by atoms with van der Waals surface area (Å²) in [6.45, 7) is 6.99. The van der Waals surface area contributed by atoms with Crippen LogP contribution in [0.5, 0.6) is 0 Å². The van der Waals surface area contributed by atoms with Gasteiger partial charge in [0.2, 0.25) is 0 Å². The molecule has 0 N–H and O–H groups in total. The fourth-order valence-corrected chi connectivity index (χ4v) is 2.96. The highest BCUT2D eigenvalue weighted by Gasteiger charge is 2.15. The maximum absolute atomic E-state index is 14.5. The Balaban J connectivity index is 2.13. The first kappa shape index (κ1) is 17.3. The normalized spacial score (nSPS) is 11.3. The summed E-state index contributed by atoms with van der Waals surface area (Å²) in [5, 5.41) is 0.418. The fraction of sp³-hybridized carbons (Fsp3) is 0.412. The number of pyridine rings is 1. The third-order valence-corrected chi connectivity index (χ3v) is 4.51. The third kappa shape index (κ3) is 4.01. The highest BCUT2D eigenvalue weighted by molar-refractivity contribution is 14.1. The Morgan fingerprint density at radius 2 is 2.05 bits per heavy atom. The molecule has 3 nitrogen and oxygen atoms in total. The zero-order valence-corrected chi connectivity index (χ0v) is 15.1. The Labute approximate surface area is 144 Å². The van der Waals surface area contributed by atoms with Gasteiger partial charge in [0.1, 0.15) is 5.82 Å². The first-order chi connectivity index (χ1) is 10.6. The smallest absolute Gasteiger partial charge is 0.167 e. The molecule has 0 spiro atoms. The molecule has 0 amide bonds. The summed E-state index contributed by atoms with van der Waals surface area (Å²) < 4.78 is 15.5. The number of hydrogen-bond acceptors (Lipinski definition) is 3. The summed E-state index contributed by atoms with van der Waals surface area (Å²) >= 11 is 2.13. The highest BCUT2D eigenvalue weighted by atomic mass is 127. The number of nitrogens with zero attached hydrogens (tertiary/aromatic N) is 2. The van der Waals surface area contributed by atoms with Gasteiger partial charge < -0.3 is 4.90 Å². The minimum atomic E-state index is -0.448. The first-order valence-corrected chi connectivity index (χ1v) is 8.64. The number of carbonyl (C=O) groups is 1. The van der Waals surface area contributed by atoms with Gasteiger partial charge in [-0.1, -0.05) is 13.8 Å². The predicted octanol–water partition coefficient (Wildman–Crippen LogP) is 4.28. The average Bonchev–Trinajstić information content (AvgIpc) is 2.52. The molecule has 1 heterocycles. The quantitative estimate of drug-likeness (QED) is 0.501. The second-order valence-electron chi connectivity index (χ2n) is 5.20. The van der Waals surface area contributed by atoms with E-state index < -0.39 is 5.82 Å². The molecular weight excluding hydrogens is 394 g/mol. The minimum Gasteiger partial charge on any atom is -0.304 e. The zero-order valence-electron chi connectivity index (χ0n) is 12.9. The van der Waals surface area contributed by atoms with E-state index in [1.165, 1.54) is 6.20 Å². The van der Waals surface area contributed by atoms with Gasteiger partial charge in [0.15, 0.2) is 5.78 Å². The number of Topliss-reactive ketones (excluding diaryl/α,β-unsaturated/α-hetero) is 1. The largest absolute Gasteiger partial charge is 0.304 e. The Morgan fingerprint density at radius 3 is 2.73 bits per heavy atom. The van der Waals surface area contributed by atoms with Gasteiger partial charge in [0.05, 0.1) is 11.1 Å². The van der Waals surface area contributed by atoms with Crippen molar-refractivity contribution in [1.29, 1.82) is 0 Å². The number of benzene rings is 1. The van der Waals surface area contributed by atoms with Crippen molar-refractivity contribution < 1.29 is 9.18 Å². The molecule has 0 saturated carbocycles. The van der Waals surface area contributed by atoms with E-state index in [0.717, 1.165) is 29.6 Å². The summed E-state index contributed by atoms with van der Waals surface area (Å²) in [5.74, 6) is -0.616. The maximum atomic E-state index is 14.5. The van der Waals surface area contributed by atoms with Crippen molar-refractivity contribution in [3.8, 4) is 0 Å². The summed E-state index contributed by atoms with van der Waals surface area (Å²) in [5.41, 5.74) is 0.687. The van der Waals surface area contributed by atoms with Crippen LogP contribution in [0.2, 0.25) is 0 Å². The van der Waals surface area contributed by atoms with Crippen LogP contribution in [0.15, 0.2) is 24.4 Å². The van der Waals surface area contributed by atoms with E-state index in [1.807, 2.05) is 6.07 Å². The Kier molecular flexibility index (Phi) is 6.26. The van der Waals surface area contributed by atoms with Crippen LogP contribution in [0.1, 0.15) is 37.0 Å². The Bertz CT molecular complexity index is 671. The topological polar surface area (TPSA) is 33.2 Å². The average molecular weight is 414 g/mol. The van der Waals surface area contributed by atoms with Crippen molar-refractivity contribution >= 4 is 39.3 Å². The van der Waals surface area contributed by atoms with E-state index in [4.69, 9.17) is 0 Å². The van der Waals surface area contributed by atoms with Gasteiger partial charge in [0.25, 0.3) is 0 Å². The van der Waals surface area contributed by atoms with E-state index in [-0.39, 0.29) is 11.3 Å². The van der Waals surface area contributed by atoms with Crippen molar-refractivity contribution in [1.82, 2.24) is 9.88 Å². The molecule has 2 aromatic rings. The second kappa shape index (κ2) is 7.97. The van der Waals surface area contributed by atoms with Crippen LogP contribution in [0.3, 0.4) is 0 Å². The van der Waals surface area contributed by atoms with E-state index in [1.54, 1.807) is 12.1 Å². The Hall–Kier alpha value is -1.08. The van der Waals surface area contributed by atoms with Crippen molar-refractivity contribution in [3.63, 3.8) is 0 Å². The van der Waals surface area contributed by atoms with Crippen molar-refractivity contribution in [2.75, 3.05) is 19.6 Å². The monoisotopic (exact) mass is 414 g/mol. The standard InChI is InChI=1S/C17H20FIN2O/c1-3-21(4-2)9-5-6-16(22)14-11-20-15-8-7-12(19)10-13(15)17(14)18/h7-8,10-11H,3-6,9H2,1-2H3. The van der Waals surface area contributed by atoms with Gasteiger partial charge in [-0.05, 0) is 66.8 Å². The van der Waals surface area contributed by atoms with Gasteiger partial charge >= 0.3 is 0 Å². The lowest BCUT2D eigenvalue weighted by Gasteiger charge is -2.17. The molecule has 5 heteroatoms. The van der Waals surface area contributed by atoms with Gasteiger partial charge in [0, 0.05) is 21.6 Å². The summed E-state index contributed by atoms with van der Waals surface area (Å²) in [6.07, 6.45) is 2.46. The van der Waals surface area contributed by atoms with Crippen LogP contribution in [0.25, 0.3) is 10.9 Å². The highest BCUT2D eigenvalue weighted by Crippen LogP contribution is 2.22. The molecule has 118 valence electrons. The van der Waals surface area contributed by atoms with Crippen LogP contribution in [0, 0.1) is 9.39 Å². The molecule has 22 heavy (non-hydrogen) atoms. The minimum absolute atomic E-state index is 0.106. The SMILES string of the molecule is CCN(CC)CCCC(=O)c1cnc2ccc(I)cc2c1F. The number of halogens is 2. The number of hydrogen-bond donors (Lipinski definition) is 0. The van der Waals surface area contributed by atoms with E-state index in [9.17, 15) is 9.18 Å². The molecule has 0 fully saturated rings. The van der Waals surface area contributed by atoms with Gasteiger partial charge in [-0.2, -0.15) is 0 Å². The molecule has 2 rings (SSSR count). The lowest BCUT2D eigenvalue weighted by Crippen LogP contribution is -2.24. The molecule has 0 saturated heterocycles. The van der Waals surface area contributed by atoms with Gasteiger partial charge in [-0.25, -0.2) is 4.39 Å². The van der Waals surface area contributed by atoms with Gasteiger partial charge in [-0.15, -0.1) is 0 Å². The molecule has 0 aliphatic heterocycles. The number of carbonyl (C=O) groups excluding carboxylic acids is 1. The van der Waals surface area contributed by atoms with Crippen LogP contribution in [-0.2, 0) is 0 Å². The third-order valence-electron chi connectivity index (χ3n) is 3.84.